The van der Waals surface area contributed by atoms with Crippen LogP contribution in [0.2, 0.25) is 0 Å². The molecule has 0 bridgehead atoms. The van der Waals surface area contributed by atoms with E-state index in [0.717, 1.165) is 32.7 Å². The summed E-state index contributed by atoms with van der Waals surface area (Å²) in [6.45, 7) is 6.13. The molecule has 0 atom stereocenters. The van der Waals surface area contributed by atoms with Crippen molar-refractivity contribution < 1.29 is 9.72 Å². The highest BCUT2D eigenvalue weighted by Gasteiger charge is 2.16. The number of nitrogens with one attached hydrogen (secondary N) is 1. The number of nitrogens with zero attached hydrogens (tertiary/aromatic N) is 3. The lowest BCUT2D eigenvalue weighted by molar-refractivity contribution is -0.384. The number of thioether (sulfide) groups is 1. The fourth-order valence-electron chi connectivity index (χ4n) is 3.33. The van der Waals surface area contributed by atoms with Crippen molar-refractivity contribution in [1.82, 2.24) is 9.99 Å². The molecule has 2 aromatic carbocycles. The van der Waals surface area contributed by atoms with Crippen molar-refractivity contribution in [3.8, 4) is 5.69 Å². The smallest absolute Gasteiger partial charge is 0.269 e. The third-order valence-corrected chi connectivity index (χ3v) is 7.01. The van der Waals surface area contributed by atoms with E-state index in [0.29, 0.717) is 5.75 Å². The van der Waals surface area contributed by atoms with Crippen molar-refractivity contribution >= 4 is 45.5 Å². The molecular formula is C23H23BrN4O3S. The Hall–Kier alpha value is -2.91. The maximum atomic E-state index is 12.1. The Balaban J connectivity index is 1.59. The summed E-state index contributed by atoms with van der Waals surface area (Å²) in [5.41, 5.74) is 8.80. The number of aryl methyl sites for hydroxylation is 1. The van der Waals surface area contributed by atoms with Gasteiger partial charge in [0.25, 0.3) is 5.69 Å². The van der Waals surface area contributed by atoms with E-state index in [9.17, 15) is 14.9 Å². The Bertz CT molecular complexity index is 1170. The van der Waals surface area contributed by atoms with Crippen molar-refractivity contribution in [3.05, 3.63) is 91.2 Å². The molecule has 0 spiro atoms. The molecular weight excluding hydrogens is 492 g/mol. The van der Waals surface area contributed by atoms with E-state index in [-0.39, 0.29) is 17.3 Å². The number of para-hydroxylation sites is 1. The summed E-state index contributed by atoms with van der Waals surface area (Å²) in [4.78, 5) is 22.4. The molecule has 0 saturated carbocycles. The van der Waals surface area contributed by atoms with Gasteiger partial charge in [0, 0.05) is 45.0 Å². The van der Waals surface area contributed by atoms with Gasteiger partial charge in [-0.1, -0.05) is 30.3 Å². The van der Waals surface area contributed by atoms with Crippen LogP contribution in [0, 0.1) is 30.9 Å². The van der Waals surface area contributed by atoms with Gasteiger partial charge in [-0.2, -0.15) is 5.10 Å². The number of nitro groups is 1. The van der Waals surface area contributed by atoms with Gasteiger partial charge in [-0.3, -0.25) is 14.9 Å². The second-order valence-electron chi connectivity index (χ2n) is 7.23. The molecule has 1 heterocycles. The van der Waals surface area contributed by atoms with Gasteiger partial charge in [-0.25, -0.2) is 5.43 Å². The van der Waals surface area contributed by atoms with Crippen LogP contribution in [-0.4, -0.2) is 27.4 Å². The number of carbonyl (C=O) groups is 1. The molecule has 0 aliphatic rings. The van der Waals surface area contributed by atoms with E-state index in [1.807, 2.05) is 26.0 Å². The van der Waals surface area contributed by atoms with Crippen molar-refractivity contribution in [2.75, 3.05) is 5.75 Å². The van der Waals surface area contributed by atoms with E-state index in [1.54, 1.807) is 18.3 Å². The Morgan fingerprint density at radius 1 is 1.16 bits per heavy atom. The monoisotopic (exact) mass is 514 g/mol. The number of hydrazone groups is 1. The maximum absolute atomic E-state index is 12.1. The number of non-ortho nitro benzene ring substituents is 1. The zero-order valence-electron chi connectivity index (χ0n) is 18.0. The number of hydrogen-bond acceptors (Lipinski definition) is 5. The van der Waals surface area contributed by atoms with Gasteiger partial charge in [0.2, 0.25) is 5.91 Å². The second kappa shape index (κ2) is 10.6. The first-order chi connectivity index (χ1) is 15.3. The second-order valence-corrected chi connectivity index (χ2v) is 9.01. The maximum Gasteiger partial charge on any atom is 0.269 e. The number of benzene rings is 2. The molecule has 32 heavy (non-hydrogen) atoms. The fraction of sp³-hybridized carbons (Fsp3) is 0.217. The zero-order valence-corrected chi connectivity index (χ0v) is 20.4. The topological polar surface area (TPSA) is 89.5 Å². The number of carbonyl (C=O) groups excluding carboxylic acids is 1. The van der Waals surface area contributed by atoms with E-state index in [1.165, 1.54) is 29.5 Å². The molecule has 1 N–H and O–H groups in total. The van der Waals surface area contributed by atoms with Crippen LogP contribution in [0.3, 0.4) is 0 Å². The minimum atomic E-state index is -0.431. The Kier molecular flexibility index (Phi) is 7.87. The van der Waals surface area contributed by atoms with Crippen LogP contribution in [0.15, 0.2) is 58.1 Å². The van der Waals surface area contributed by atoms with Gasteiger partial charge in [-0.05, 0) is 53.9 Å². The quantitative estimate of drug-likeness (QED) is 0.245. The standard InChI is InChI=1S/C23H23BrN4O3S/c1-15-6-4-5-7-21(15)27-16(2)20(23(24)17(27)3)12-25-26-22(29)14-32-13-18-8-10-19(11-9-18)28(30)31/h4-12H,13-14H2,1-3H3,(H,26,29)/b25-12-. The molecule has 3 aromatic rings. The van der Waals surface area contributed by atoms with Gasteiger partial charge < -0.3 is 4.57 Å². The lowest BCUT2D eigenvalue weighted by atomic mass is 10.2. The fourth-order valence-corrected chi connectivity index (χ4v) is 4.67. The molecule has 7 nitrogen and oxygen atoms in total. The summed E-state index contributed by atoms with van der Waals surface area (Å²) in [5.74, 6) is 0.604. The van der Waals surface area contributed by atoms with Crippen LogP contribution in [0.1, 0.15) is 28.1 Å². The van der Waals surface area contributed by atoms with Crippen LogP contribution in [0.5, 0.6) is 0 Å². The lowest BCUT2D eigenvalue weighted by Gasteiger charge is -2.12. The molecule has 1 amide bonds. The Labute approximate surface area is 199 Å². The normalized spacial score (nSPS) is 11.1. The number of amides is 1. The average Bonchev–Trinajstić information content (AvgIpc) is 2.97. The predicted molar refractivity (Wildman–Crippen MR) is 133 cm³/mol. The SMILES string of the molecule is Cc1ccccc1-n1c(C)c(Br)c(/C=N\NC(=O)CSCc2ccc([N+](=O)[O-])cc2)c1C. The highest BCUT2D eigenvalue weighted by Crippen LogP contribution is 2.30. The Morgan fingerprint density at radius 3 is 2.50 bits per heavy atom. The van der Waals surface area contributed by atoms with E-state index >= 15 is 0 Å². The molecule has 1 aromatic heterocycles. The van der Waals surface area contributed by atoms with Crippen molar-refractivity contribution in [2.24, 2.45) is 5.10 Å². The number of nitro benzene ring substituents is 1. The summed E-state index contributed by atoms with van der Waals surface area (Å²) in [5, 5.41) is 14.8. The van der Waals surface area contributed by atoms with Gasteiger partial charge in [0.1, 0.15) is 0 Å². The summed E-state index contributed by atoms with van der Waals surface area (Å²) in [7, 11) is 0. The predicted octanol–water partition coefficient (Wildman–Crippen LogP) is 5.46. The van der Waals surface area contributed by atoms with Gasteiger partial charge in [0.15, 0.2) is 0 Å². The summed E-state index contributed by atoms with van der Waals surface area (Å²) >= 11 is 5.07. The largest absolute Gasteiger partial charge is 0.316 e. The summed E-state index contributed by atoms with van der Waals surface area (Å²) < 4.78 is 3.10. The van der Waals surface area contributed by atoms with E-state index in [2.05, 4.69) is 50.1 Å². The first-order valence-corrected chi connectivity index (χ1v) is 11.8. The zero-order chi connectivity index (χ0) is 23.3. The first kappa shape index (κ1) is 23.7. The minimum absolute atomic E-state index is 0.0544. The number of hydrogen-bond donors (Lipinski definition) is 1. The molecule has 9 heteroatoms. The molecule has 166 valence electrons. The lowest BCUT2D eigenvalue weighted by Crippen LogP contribution is -2.19. The first-order valence-electron chi connectivity index (χ1n) is 9.86. The van der Waals surface area contributed by atoms with E-state index < -0.39 is 4.92 Å². The van der Waals surface area contributed by atoms with Crippen molar-refractivity contribution in [2.45, 2.75) is 26.5 Å². The average molecular weight is 515 g/mol. The van der Waals surface area contributed by atoms with Crippen molar-refractivity contribution in [3.63, 3.8) is 0 Å². The third kappa shape index (κ3) is 5.46. The van der Waals surface area contributed by atoms with Crippen LogP contribution >= 0.6 is 27.7 Å². The van der Waals surface area contributed by atoms with Crippen molar-refractivity contribution in [1.29, 1.82) is 0 Å². The van der Waals surface area contributed by atoms with Crippen LogP contribution < -0.4 is 5.43 Å². The molecule has 0 saturated heterocycles. The van der Waals surface area contributed by atoms with Gasteiger partial charge >= 0.3 is 0 Å². The number of rotatable bonds is 8. The van der Waals surface area contributed by atoms with Crippen LogP contribution in [0.4, 0.5) is 5.69 Å². The molecule has 0 unspecified atom stereocenters. The molecule has 3 rings (SSSR count). The highest BCUT2D eigenvalue weighted by molar-refractivity contribution is 9.10. The number of aromatic nitrogens is 1. The summed E-state index contributed by atoms with van der Waals surface area (Å²) in [6, 6.07) is 14.5. The highest BCUT2D eigenvalue weighted by atomic mass is 79.9. The minimum Gasteiger partial charge on any atom is -0.316 e. The number of halogens is 1. The van der Waals surface area contributed by atoms with Gasteiger partial charge in [-0.15, -0.1) is 11.8 Å². The van der Waals surface area contributed by atoms with E-state index in [4.69, 9.17) is 0 Å². The molecule has 0 aliphatic heterocycles. The molecule has 0 aliphatic carbocycles. The van der Waals surface area contributed by atoms with Crippen LogP contribution in [-0.2, 0) is 10.5 Å². The Morgan fingerprint density at radius 2 is 1.84 bits per heavy atom. The van der Waals surface area contributed by atoms with Crippen LogP contribution in [0.25, 0.3) is 5.69 Å². The summed E-state index contributed by atoms with van der Waals surface area (Å²) in [6.07, 6.45) is 1.65. The molecule has 0 fully saturated rings. The molecule has 0 radical (unpaired) electrons. The van der Waals surface area contributed by atoms with Gasteiger partial charge in [0.05, 0.1) is 16.9 Å². The third-order valence-electron chi connectivity index (χ3n) is 5.00.